The van der Waals surface area contributed by atoms with Gasteiger partial charge in [-0.1, -0.05) is 19.3 Å². The molecule has 1 saturated carbocycles. The molecule has 1 heterocycles. The Bertz CT molecular complexity index is 329. The van der Waals surface area contributed by atoms with Gasteiger partial charge in [0.1, 0.15) is 11.9 Å². The van der Waals surface area contributed by atoms with E-state index >= 15 is 0 Å². The summed E-state index contributed by atoms with van der Waals surface area (Å²) in [4.78, 5) is 12.4. The molecule has 0 bridgehead atoms. The van der Waals surface area contributed by atoms with Crippen LogP contribution < -0.4 is 0 Å². The van der Waals surface area contributed by atoms with Crippen molar-refractivity contribution in [2.24, 2.45) is 0 Å². The summed E-state index contributed by atoms with van der Waals surface area (Å²) >= 11 is 0. The Hall–Kier alpha value is -1.09. The van der Waals surface area contributed by atoms with Gasteiger partial charge in [0.25, 0.3) is 0 Å². The number of Topliss-reactive ketones (excluding diaryl/α,β-unsaturated/α-hetero) is 1. The third-order valence-electron chi connectivity index (χ3n) is 3.28. The summed E-state index contributed by atoms with van der Waals surface area (Å²) in [7, 11) is 0. The number of rotatable bonds is 4. The molecule has 0 saturated heterocycles. The molecule has 1 fully saturated rings. The first-order chi connectivity index (χ1) is 7.78. The SMILES string of the molecule is CCOC1(C(=O)c2ccoc2)CCCCC1. The van der Waals surface area contributed by atoms with Crippen molar-refractivity contribution < 1.29 is 13.9 Å². The molecule has 0 atom stereocenters. The molecule has 2 rings (SSSR count). The molecule has 0 aromatic carbocycles. The van der Waals surface area contributed by atoms with Crippen LogP contribution in [0.25, 0.3) is 0 Å². The monoisotopic (exact) mass is 222 g/mol. The van der Waals surface area contributed by atoms with Gasteiger partial charge in [-0.05, 0) is 25.8 Å². The van der Waals surface area contributed by atoms with Crippen molar-refractivity contribution in [1.29, 1.82) is 0 Å². The average molecular weight is 222 g/mol. The van der Waals surface area contributed by atoms with Crippen LogP contribution in [0.1, 0.15) is 49.4 Å². The van der Waals surface area contributed by atoms with Crippen LogP contribution in [-0.4, -0.2) is 18.0 Å². The van der Waals surface area contributed by atoms with Crippen LogP contribution in [0.3, 0.4) is 0 Å². The number of hydrogen-bond acceptors (Lipinski definition) is 3. The number of ether oxygens (including phenoxy) is 1. The minimum absolute atomic E-state index is 0.0859. The second kappa shape index (κ2) is 4.83. The Morgan fingerprint density at radius 3 is 2.75 bits per heavy atom. The van der Waals surface area contributed by atoms with Crippen molar-refractivity contribution in [3.63, 3.8) is 0 Å². The van der Waals surface area contributed by atoms with E-state index in [4.69, 9.17) is 9.15 Å². The zero-order chi connectivity index (χ0) is 11.4. The average Bonchev–Trinajstić information content (AvgIpc) is 2.83. The molecule has 0 aliphatic heterocycles. The summed E-state index contributed by atoms with van der Waals surface area (Å²) in [5.41, 5.74) is 0.0481. The minimum Gasteiger partial charge on any atom is -0.472 e. The molecule has 0 N–H and O–H groups in total. The predicted molar refractivity (Wildman–Crippen MR) is 60.5 cm³/mol. The highest BCUT2D eigenvalue weighted by Crippen LogP contribution is 2.34. The normalized spacial score (nSPS) is 19.6. The molecule has 1 aromatic rings. The number of ketones is 1. The van der Waals surface area contributed by atoms with Crippen molar-refractivity contribution in [3.05, 3.63) is 24.2 Å². The van der Waals surface area contributed by atoms with Crippen LogP contribution in [0.2, 0.25) is 0 Å². The van der Waals surface area contributed by atoms with E-state index in [9.17, 15) is 4.79 Å². The summed E-state index contributed by atoms with van der Waals surface area (Å²) in [6.45, 7) is 2.53. The molecule has 0 amide bonds. The molecule has 88 valence electrons. The molecular formula is C13H18O3. The Kier molecular flexibility index (Phi) is 3.44. The second-order valence-electron chi connectivity index (χ2n) is 4.33. The topological polar surface area (TPSA) is 39.4 Å². The van der Waals surface area contributed by atoms with Crippen LogP contribution in [-0.2, 0) is 4.74 Å². The number of carbonyl (C=O) groups is 1. The Balaban J connectivity index is 2.21. The molecule has 1 aliphatic carbocycles. The van der Waals surface area contributed by atoms with E-state index in [1.807, 2.05) is 6.92 Å². The van der Waals surface area contributed by atoms with Crippen molar-refractivity contribution in [3.8, 4) is 0 Å². The van der Waals surface area contributed by atoms with Crippen molar-refractivity contribution in [2.75, 3.05) is 6.61 Å². The highest BCUT2D eigenvalue weighted by molar-refractivity contribution is 6.02. The fourth-order valence-electron chi connectivity index (χ4n) is 2.49. The summed E-state index contributed by atoms with van der Waals surface area (Å²) in [6.07, 6.45) is 8.07. The molecule has 3 nitrogen and oxygen atoms in total. The smallest absolute Gasteiger partial charge is 0.197 e. The molecule has 0 radical (unpaired) electrons. The van der Waals surface area contributed by atoms with E-state index in [1.54, 1.807) is 6.07 Å². The van der Waals surface area contributed by atoms with Gasteiger partial charge in [-0.25, -0.2) is 0 Å². The number of hydrogen-bond donors (Lipinski definition) is 0. The highest BCUT2D eigenvalue weighted by atomic mass is 16.5. The lowest BCUT2D eigenvalue weighted by molar-refractivity contribution is -0.0411. The van der Waals surface area contributed by atoms with Gasteiger partial charge >= 0.3 is 0 Å². The van der Waals surface area contributed by atoms with Gasteiger partial charge in [0.15, 0.2) is 5.78 Å². The van der Waals surface area contributed by atoms with Gasteiger partial charge in [0.05, 0.1) is 11.8 Å². The largest absolute Gasteiger partial charge is 0.472 e. The summed E-state index contributed by atoms with van der Waals surface area (Å²) in [5, 5.41) is 0. The van der Waals surface area contributed by atoms with Gasteiger partial charge in [-0.2, -0.15) is 0 Å². The molecule has 1 aromatic heterocycles. The minimum atomic E-state index is -0.586. The maximum Gasteiger partial charge on any atom is 0.197 e. The van der Waals surface area contributed by atoms with Crippen molar-refractivity contribution in [1.82, 2.24) is 0 Å². The van der Waals surface area contributed by atoms with Gasteiger partial charge in [-0.3, -0.25) is 4.79 Å². The third-order valence-corrected chi connectivity index (χ3v) is 3.28. The van der Waals surface area contributed by atoms with Gasteiger partial charge in [-0.15, -0.1) is 0 Å². The van der Waals surface area contributed by atoms with Crippen LogP contribution in [0.5, 0.6) is 0 Å². The first kappa shape index (κ1) is 11.4. The van der Waals surface area contributed by atoms with E-state index in [2.05, 4.69) is 0 Å². The maximum atomic E-state index is 12.4. The van der Waals surface area contributed by atoms with Crippen LogP contribution in [0.4, 0.5) is 0 Å². The quantitative estimate of drug-likeness (QED) is 0.734. The first-order valence-electron chi connectivity index (χ1n) is 5.99. The lowest BCUT2D eigenvalue weighted by Crippen LogP contribution is -2.43. The molecule has 0 unspecified atom stereocenters. The van der Waals surface area contributed by atoms with E-state index in [0.29, 0.717) is 12.2 Å². The Morgan fingerprint density at radius 2 is 2.19 bits per heavy atom. The first-order valence-corrected chi connectivity index (χ1v) is 5.99. The highest BCUT2D eigenvalue weighted by Gasteiger charge is 2.40. The van der Waals surface area contributed by atoms with E-state index < -0.39 is 5.60 Å². The molecule has 3 heteroatoms. The van der Waals surface area contributed by atoms with Crippen LogP contribution in [0, 0.1) is 0 Å². The fourth-order valence-corrected chi connectivity index (χ4v) is 2.49. The van der Waals surface area contributed by atoms with Crippen LogP contribution >= 0.6 is 0 Å². The zero-order valence-corrected chi connectivity index (χ0v) is 9.70. The van der Waals surface area contributed by atoms with E-state index in [1.165, 1.54) is 18.9 Å². The Labute approximate surface area is 95.8 Å². The van der Waals surface area contributed by atoms with Gasteiger partial charge in [0.2, 0.25) is 0 Å². The number of carbonyl (C=O) groups excluding carboxylic acids is 1. The lowest BCUT2D eigenvalue weighted by Gasteiger charge is -2.35. The summed E-state index contributed by atoms with van der Waals surface area (Å²) in [5.74, 6) is 0.0859. The van der Waals surface area contributed by atoms with E-state index in [-0.39, 0.29) is 5.78 Å². The zero-order valence-electron chi connectivity index (χ0n) is 9.70. The van der Waals surface area contributed by atoms with Crippen molar-refractivity contribution in [2.45, 2.75) is 44.6 Å². The fraction of sp³-hybridized carbons (Fsp3) is 0.615. The van der Waals surface area contributed by atoms with Gasteiger partial charge < -0.3 is 9.15 Å². The molecule has 1 aliphatic rings. The summed E-state index contributed by atoms with van der Waals surface area (Å²) < 4.78 is 10.7. The Morgan fingerprint density at radius 1 is 1.44 bits per heavy atom. The summed E-state index contributed by atoms with van der Waals surface area (Å²) in [6, 6.07) is 1.72. The molecule has 0 spiro atoms. The second-order valence-corrected chi connectivity index (χ2v) is 4.33. The standard InChI is InChI=1S/C13H18O3/c1-2-16-13(7-4-3-5-8-13)12(14)11-6-9-15-10-11/h6,9-10H,2-5,7-8H2,1H3. The molecular weight excluding hydrogens is 204 g/mol. The molecule has 16 heavy (non-hydrogen) atoms. The van der Waals surface area contributed by atoms with Crippen LogP contribution in [0.15, 0.2) is 23.0 Å². The predicted octanol–water partition coefficient (Wildman–Crippen LogP) is 3.20. The van der Waals surface area contributed by atoms with E-state index in [0.717, 1.165) is 25.7 Å². The van der Waals surface area contributed by atoms with Crippen molar-refractivity contribution >= 4 is 5.78 Å². The lowest BCUT2D eigenvalue weighted by atomic mass is 9.79. The number of furan rings is 1. The van der Waals surface area contributed by atoms with Gasteiger partial charge in [0, 0.05) is 6.61 Å². The third kappa shape index (κ3) is 2.05. The maximum absolute atomic E-state index is 12.4.